The van der Waals surface area contributed by atoms with Crippen molar-refractivity contribution in [2.75, 3.05) is 0 Å². The smallest absolute Gasteiger partial charge is 0.362 e. The van der Waals surface area contributed by atoms with Crippen LogP contribution in [-0.2, 0) is 11.2 Å². The molecule has 3 atom stereocenters. The largest absolute Gasteiger partial charge is 0.439 e. The number of rotatable bonds is 5. The number of aliphatic hydroxyl groups is 1. The lowest BCUT2D eigenvalue weighted by atomic mass is 9.64. The molecule has 0 spiro atoms. The Hall–Kier alpha value is -2.49. The Kier molecular flexibility index (Phi) is 5.90. The SMILES string of the molecule is CCC(C)(C)[C@@H]1CCC2=NN(C(=O)Cc3ccc([N+](=O)[O-])cc3)[C@@](O)(C(F)(F)F)[C@@H]2C1. The van der Waals surface area contributed by atoms with Gasteiger partial charge in [0.25, 0.3) is 11.4 Å². The zero-order valence-corrected chi connectivity index (χ0v) is 17.6. The van der Waals surface area contributed by atoms with E-state index in [1.54, 1.807) is 0 Å². The molecule has 1 N–H and O–H groups in total. The number of halogens is 3. The Labute approximate surface area is 178 Å². The summed E-state index contributed by atoms with van der Waals surface area (Å²) in [5.74, 6) is -2.36. The van der Waals surface area contributed by atoms with Gasteiger partial charge in [-0.2, -0.15) is 23.3 Å². The molecule has 1 aromatic rings. The molecule has 1 aliphatic heterocycles. The van der Waals surface area contributed by atoms with Crippen molar-refractivity contribution in [3.8, 4) is 0 Å². The molecule has 3 rings (SSSR count). The van der Waals surface area contributed by atoms with Crippen molar-refractivity contribution >= 4 is 17.3 Å². The first-order valence-corrected chi connectivity index (χ1v) is 10.2. The van der Waals surface area contributed by atoms with Crippen LogP contribution in [0.15, 0.2) is 29.4 Å². The van der Waals surface area contributed by atoms with Gasteiger partial charge in [0.2, 0.25) is 5.91 Å². The molecule has 0 saturated heterocycles. The molecule has 2 aliphatic rings. The van der Waals surface area contributed by atoms with Crippen LogP contribution in [0.3, 0.4) is 0 Å². The monoisotopic (exact) mass is 441 g/mol. The standard InChI is InChI=1S/C21H26F3N3O4/c1-4-19(2,3)14-7-10-17-16(12-14)20(29,21(22,23)24)26(25-17)18(28)11-13-5-8-15(9-6-13)27(30)31/h5-6,8-9,14,16,29H,4,7,10-12H2,1-3H3/t14-,16-,20+/m1/s1. The quantitative estimate of drug-likeness (QED) is 0.540. The second-order valence-corrected chi connectivity index (χ2v) is 8.99. The van der Waals surface area contributed by atoms with E-state index in [0.717, 1.165) is 6.42 Å². The van der Waals surface area contributed by atoms with Crippen molar-refractivity contribution in [1.29, 1.82) is 0 Å². The Balaban J connectivity index is 1.88. The lowest BCUT2D eigenvalue weighted by Gasteiger charge is -2.43. The molecule has 10 heteroatoms. The van der Waals surface area contributed by atoms with Gasteiger partial charge in [-0.1, -0.05) is 39.3 Å². The third kappa shape index (κ3) is 4.05. The second-order valence-electron chi connectivity index (χ2n) is 8.99. The number of amides is 1. The number of hydrazone groups is 1. The maximum Gasteiger partial charge on any atom is 0.439 e. The number of nitrogens with zero attached hydrogens (tertiary/aromatic N) is 3. The van der Waals surface area contributed by atoms with Gasteiger partial charge in [0, 0.05) is 17.8 Å². The first-order valence-electron chi connectivity index (χ1n) is 10.2. The number of alkyl halides is 3. The van der Waals surface area contributed by atoms with Crippen molar-refractivity contribution in [2.24, 2.45) is 22.4 Å². The number of carbonyl (C=O) groups is 1. The molecule has 1 aromatic carbocycles. The Morgan fingerprint density at radius 2 is 1.94 bits per heavy atom. The highest BCUT2D eigenvalue weighted by atomic mass is 19.4. The van der Waals surface area contributed by atoms with Gasteiger partial charge in [-0.15, -0.1) is 0 Å². The molecule has 1 heterocycles. The summed E-state index contributed by atoms with van der Waals surface area (Å²) in [6.45, 7) is 5.98. The number of carbonyl (C=O) groups excluding carboxylic acids is 1. The minimum atomic E-state index is -5.09. The van der Waals surface area contributed by atoms with Gasteiger partial charge >= 0.3 is 6.18 Å². The van der Waals surface area contributed by atoms with Crippen LogP contribution < -0.4 is 0 Å². The van der Waals surface area contributed by atoms with Gasteiger partial charge in [-0.3, -0.25) is 14.9 Å². The van der Waals surface area contributed by atoms with Crippen molar-refractivity contribution in [3.63, 3.8) is 0 Å². The van der Waals surface area contributed by atoms with E-state index in [-0.39, 0.29) is 34.2 Å². The highest BCUT2D eigenvalue weighted by Gasteiger charge is 2.69. The highest BCUT2D eigenvalue weighted by Crippen LogP contribution is 2.52. The Bertz CT molecular complexity index is 898. The Morgan fingerprint density at radius 3 is 2.45 bits per heavy atom. The molecule has 0 aromatic heterocycles. The van der Waals surface area contributed by atoms with Crippen LogP contribution in [0, 0.1) is 27.4 Å². The molecule has 7 nitrogen and oxygen atoms in total. The lowest BCUT2D eigenvalue weighted by molar-refractivity contribution is -0.384. The van der Waals surface area contributed by atoms with E-state index in [1.807, 2.05) is 20.8 Å². The molecule has 1 aliphatic carbocycles. The van der Waals surface area contributed by atoms with E-state index < -0.39 is 35.1 Å². The molecule has 1 amide bonds. The number of fused-ring (bicyclic) bond motifs is 1. The third-order valence-corrected chi connectivity index (χ3v) is 6.88. The predicted octanol–water partition coefficient (Wildman–Crippen LogP) is 4.44. The van der Waals surface area contributed by atoms with Crippen LogP contribution in [-0.4, -0.2) is 38.6 Å². The second kappa shape index (κ2) is 7.89. The van der Waals surface area contributed by atoms with E-state index in [9.17, 15) is 33.2 Å². The lowest BCUT2D eigenvalue weighted by Crippen LogP contribution is -2.62. The number of hydrogen-bond acceptors (Lipinski definition) is 5. The third-order valence-electron chi connectivity index (χ3n) is 6.88. The van der Waals surface area contributed by atoms with E-state index in [1.165, 1.54) is 24.3 Å². The topological polar surface area (TPSA) is 96.0 Å². The van der Waals surface area contributed by atoms with Crippen molar-refractivity contribution in [2.45, 2.75) is 64.8 Å². The fourth-order valence-corrected chi connectivity index (χ4v) is 4.45. The van der Waals surface area contributed by atoms with Gasteiger partial charge in [-0.05, 0) is 36.2 Å². The van der Waals surface area contributed by atoms with Gasteiger partial charge in [0.05, 0.1) is 17.3 Å². The summed E-state index contributed by atoms with van der Waals surface area (Å²) in [7, 11) is 0. The van der Waals surface area contributed by atoms with Crippen LogP contribution in [0.25, 0.3) is 0 Å². The van der Waals surface area contributed by atoms with Crippen LogP contribution in [0.2, 0.25) is 0 Å². The molecule has 170 valence electrons. The molecular formula is C21H26F3N3O4. The molecule has 0 bridgehead atoms. The summed E-state index contributed by atoms with van der Waals surface area (Å²) < 4.78 is 42.4. The average molecular weight is 441 g/mol. The predicted molar refractivity (Wildman–Crippen MR) is 107 cm³/mol. The minimum Gasteiger partial charge on any atom is -0.362 e. The van der Waals surface area contributed by atoms with E-state index in [4.69, 9.17) is 0 Å². The summed E-state index contributed by atoms with van der Waals surface area (Å²) in [6.07, 6.45) is -3.75. The van der Waals surface area contributed by atoms with Crippen molar-refractivity contribution in [1.82, 2.24) is 5.01 Å². The summed E-state index contributed by atoms with van der Waals surface area (Å²) in [5, 5.41) is 25.8. The number of hydrogen-bond donors (Lipinski definition) is 1. The van der Waals surface area contributed by atoms with Crippen LogP contribution in [0.4, 0.5) is 18.9 Å². The maximum absolute atomic E-state index is 14.1. The van der Waals surface area contributed by atoms with Gasteiger partial charge in [0.15, 0.2) is 0 Å². The molecule has 31 heavy (non-hydrogen) atoms. The molecule has 1 fully saturated rings. The van der Waals surface area contributed by atoms with Gasteiger partial charge < -0.3 is 5.11 Å². The average Bonchev–Trinajstić information content (AvgIpc) is 3.02. The fraction of sp³-hybridized carbons (Fsp3) is 0.619. The maximum atomic E-state index is 14.1. The minimum absolute atomic E-state index is 0.0416. The van der Waals surface area contributed by atoms with E-state index >= 15 is 0 Å². The van der Waals surface area contributed by atoms with Gasteiger partial charge in [-0.25, -0.2) is 0 Å². The molecule has 0 radical (unpaired) electrons. The zero-order chi connectivity index (χ0) is 23.2. The zero-order valence-electron chi connectivity index (χ0n) is 17.6. The highest BCUT2D eigenvalue weighted by molar-refractivity contribution is 5.93. The molecule has 1 saturated carbocycles. The fourth-order valence-electron chi connectivity index (χ4n) is 4.45. The van der Waals surface area contributed by atoms with Gasteiger partial charge in [0.1, 0.15) is 0 Å². The van der Waals surface area contributed by atoms with Crippen molar-refractivity contribution < 1.29 is 28.0 Å². The van der Waals surface area contributed by atoms with Crippen LogP contribution in [0.1, 0.15) is 52.0 Å². The van der Waals surface area contributed by atoms with E-state index in [0.29, 0.717) is 18.4 Å². The number of nitro groups is 1. The van der Waals surface area contributed by atoms with E-state index in [2.05, 4.69) is 5.10 Å². The number of benzene rings is 1. The Morgan fingerprint density at radius 1 is 1.32 bits per heavy atom. The summed E-state index contributed by atoms with van der Waals surface area (Å²) >= 11 is 0. The normalized spacial score (nSPS) is 26.4. The number of non-ortho nitro benzene ring substituents is 1. The first kappa shape index (κ1) is 23.2. The van der Waals surface area contributed by atoms with Crippen molar-refractivity contribution in [3.05, 3.63) is 39.9 Å². The summed E-state index contributed by atoms with van der Waals surface area (Å²) in [5.41, 5.74) is -3.31. The van der Waals surface area contributed by atoms with Crippen LogP contribution in [0.5, 0.6) is 0 Å². The number of nitro benzene ring substituents is 1. The van der Waals surface area contributed by atoms with Crippen LogP contribution >= 0.6 is 0 Å². The summed E-state index contributed by atoms with van der Waals surface area (Å²) in [4.78, 5) is 22.9. The summed E-state index contributed by atoms with van der Waals surface area (Å²) in [6, 6.07) is 4.95. The first-order chi connectivity index (χ1) is 14.3. The molecule has 0 unspecified atom stereocenters. The molecular weight excluding hydrogens is 415 g/mol.